The number of nitrogens with one attached hydrogen (secondary N) is 1. The highest BCUT2D eigenvalue weighted by molar-refractivity contribution is 6.51. The largest absolute Gasteiger partial charge is 0.507 e. The molecule has 1 aromatic carbocycles. The second-order valence-corrected chi connectivity index (χ2v) is 8.25. The fraction of sp³-hybridized carbons (Fsp3) is 0.231. The summed E-state index contributed by atoms with van der Waals surface area (Å²) in [6.07, 6.45) is 1.59. The number of aryl methyl sites for hydroxylation is 2. The lowest BCUT2D eigenvalue weighted by Crippen LogP contribution is -2.29. The number of methoxy groups -OCH3 is 1. The number of aliphatic hydroxyl groups is 1. The van der Waals surface area contributed by atoms with Crippen LogP contribution >= 0.6 is 0 Å². The van der Waals surface area contributed by atoms with Gasteiger partial charge in [0.15, 0.2) is 5.82 Å². The van der Waals surface area contributed by atoms with Gasteiger partial charge in [0.25, 0.3) is 5.78 Å². The first-order valence-corrected chi connectivity index (χ1v) is 11.0. The van der Waals surface area contributed by atoms with E-state index in [0.29, 0.717) is 28.3 Å². The summed E-state index contributed by atoms with van der Waals surface area (Å²) in [5.41, 5.74) is 1.50. The van der Waals surface area contributed by atoms with Gasteiger partial charge in [0.05, 0.1) is 18.7 Å². The molecule has 1 fully saturated rings. The lowest BCUT2D eigenvalue weighted by atomic mass is 9.94. The molecular formula is C26H25N3O7. The quantitative estimate of drug-likeness (QED) is 0.167. The minimum absolute atomic E-state index is 0.119. The van der Waals surface area contributed by atoms with Crippen LogP contribution in [0.4, 0.5) is 5.82 Å². The molecule has 1 amide bonds. The van der Waals surface area contributed by atoms with Crippen LogP contribution in [0.1, 0.15) is 44.7 Å². The van der Waals surface area contributed by atoms with Crippen molar-refractivity contribution in [1.29, 1.82) is 0 Å². The number of ketones is 1. The van der Waals surface area contributed by atoms with Gasteiger partial charge in [-0.25, -0.2) is 4.79 Å². The number of nitrogens with zero attached hydrogens (tertiary/aromatic N) is 2. The monoisotopic (exact) mass is 491 g/mol. The number of hydrogen-bond acceptors (Lipinski definition) is 8. The summed E-state index contributed by atoms with van der Waals surface area (Å²) in [4.78, 5) is 42.9. The van der Waals surface area contributed by atoms with Gasteiger partial charge in [-0.05, 0) is 44.0 Å². The Balaban J connectivity index is 1.96. The first-order chi connectivity index (χ1) is 17.2. The molecule has 4 rings (SSSR count). The number of Topliss-reactive ketones (excluding diaryl/α,β-unsaturated/α-hetero) is 1. The molecule has 0 bridgehead atoms. The van der Waals surface area contributed by atoms with Crippen LogP contribution in [0.25, 0.3) is 5.76 Å². The molecule has 0 aliphatic carbocycles. The number of carbonyl (C=O) groups excluding carboxylic acids is 3. The fourth-order valence-corrected chi connectivity index (χ4v) is 4.33. The van der Waals surface area contributed by atoms with Crippen LogP contribution in [0.5, 0.6) is 5.75 Å². The Kier molecular flexibility index (Phi) is 6.52. The summed E-state index contributed by atoms with van der Waals surface area (Å²) in [5, 5.41) is 15.4. The standard InChI is InChI=1S/C26H25N3O7/c1-6-10-35-17-9-7-8-16(12-17)22-20(24(31)25(32)29(22)18-11-13(2)36-28-18)23(30)19-14(3)21(26(33)34-5)27-15(19)4/h6-9,11-12,22,27,30H,1,10H2,2-5H3/b23-20+. The minimum Gasteiger partial charge on any atom is -0.507 e. The molecule has 1 saturated heterocycles. The Bertz CT molecular complexity index is 1410. The highest BCUT2D eigenvalue weighted by Crippen LogP contribution is 2.43. The van der Waals surface area contributed by atoms with E-state index >= 15 is 0 Å². The van der Waals surface area contributed by atoms with Crippen molar-refractivity contribution in [3.63, 3.8) is 0 Å². The number of aromatic amines is 1. The van der Waals surface area contributed by atoms with Crippen molar-refractivity contribution < 1.29 is 33.5 Å². The van der Waals surface area contributed by atoms with Crippen molar-refractivity contribution in [1.82, 2.24) is 10.1 Å². The van der Waals surface area contributed by atoms with Gasteiger partial charge < -0.3 is 24.1 Å². The van der Waals surface area contributed by atoms with E-state index in [1.165, 1.54) is 18.1 Å². The van der Waals surface area contributed by atoms with Crippen molar-refractivity contribution in [3.05, 3.63) is 82.4 Å². The first kappa shape index (κ1) is 24.5. The van der Waals surface area contributed by atoms with Crippen LogP contribution in [0, 0.1) is 20.8 Å². The third-order valence-electron chi connectivity index (χ3n) is 5.91. The first-order valence-electron chi connectivity index (χ1n) is 11.0. The lowest BCUT2D eigenvalue weighted by molar-refractivity contribution is -0.132. The Hall–Kier alpha value is -4.60. The van der Waals surface area contributed by atoms with Crippen LogP contribution < -0.4 is 9.64 Å². The molecule has 0 radical (unpaired) electrons. The van der Waals surface area contributed by atoms with Crippen LogP contribution in [0.15, 0.2) is 53.1 Å². The topological polar surface area (TPSA) is 135 Å². The molecule has 10 nitrogen and oxygen atoms in total. The van der Waals surface area contributed by atoms with Crippen LogP contribution in [-0.4, -0.2) is 46.6 Å². The van der Waals surface area contributed by atoms with Gasteiger partial charge >= 0.3 is 11.9 Å². The Morgan fingerprint density at radius 1 is 1.28 bits per heavy atom. The van der Waals surface area contributed by atoms with E-state index < -0.39 is 29.5 Å². The third-order valence-corrected chi connectivity index (χ3v) is 5.91. The zero-order valence-corrected chi connectivity index (χ0v) is 20.2. The molecule has 3 heterocycles. The number of aliphatic hydroxyl groups excluding tert-OH is 1. The van der Waals surface area contributed by atoms with Gasteiger partial charge in [0.1, 0.15) is 29.6 Å². The molecule has 1 unspecified atom stereocenters. The van der Waals surface area contributed by atoms with Gasteiger partial charge in [0, 0.05) is 17.3 Å². The van der Waals surface area contributed by atoms with Gasteiger partial charge in [-0.3, -0.25) is 14.5 Å². The number of amides is 1. The smallest absolute Gasteiger partial charge is 0.354 e. The summed E-state index contributed by atoms with van der Waals surface area (Å²) in [5.74, 6) is -1.81. The number of esters is 1. The van der Waals surface area contributed by atoms with Crippen molar-refractivity contribution in [2.75, 3.05) is 18.6 Å². The number of ether oxygens (including phenoxy) is 2. The summed E-state index contributed by atoms with van der Waals surface area (Å²) in [6, 6.07) is 7.30. The number of rotatable bonds is 7. The average Bonchev–Trinajstić information content (AvgIpc) is 3.50. The van der Waals surface area contributed by atoms with E-state index in [9.17, 15) is 19.5 Å². The van der Waals surface area contributed by atoms with E-state index in [4.69, 9.17) is 14.0 Å². The number of aromatic nitrogens is 2. The molecule has 1 atom stereocenters. The minimum atomic E-state index is -1.04. The number of benzene rings is 1. The maximum atomic E-state index is 13.4. The predicted molar refractivity (Wildman–Crippen MR) is 130 cm³/mol. The Labute approximate surface area is 206 Å². The molecule has 1 aliphatic rings. The van der Waals surface area contributed by atoms with Crippen LogP contribution in [0.2, 0.25) is 0 Å². The maximum Gasteiger partial charge on any atom is 0.354 e. The van der Waals surface area contributed by atoms with Crippen molar-refractivity contribution >= 4 is 29.2 Å². The number of carbonyl (C=O) groups is 3. The number of hydrogen-bond donors (Lipinski definition) is 2. The third kappa shape index (κ3) is 4.06. The molecule has 0 saturated carbocycles. The van der Waals surface area contributed by atoms with Crippen molar-refractivity contribution in [3.8, 4) is 5.75 Å². The summed E-state index contributed by atoms with van der Waals surface area (Å²) >= 11 is 0. The maximum absolute atomic E-state index is 13.4. The molecule has 2 N–H and O–H groups in total. The van der Waals surface area contributed by atoms with E-state index in [2.05, 4.69) is 16.7 Å². The number of anilines is 1. The molecule has 3 aromatic rings. The highest BCUT2D eigenvalue weighted by atomic mass is 16.5. The van der Waals surface area contributed by atoms with E-state index in [1.54, 1.807) is 51.1 Å². The second-order valence-electron chi connectivity index (χ2n) is 8.25. The SMILES string of the molecule is C=CCOc1cccc(C2/C(=C(\O)c3c(C)[nH]c(C(=O)OC)c3C)C(=O)C(=O)N2c2cc(C)on2)c1. The van der Waals surface area contributed by atoms with Crippen LogP contribution in [-0.2, 0) is 14.3 Å². The van der Waals surface area contributed by atoms with Crippen molar-refractivity contribution in [2.45, 2.75) is 26.8 Å². The van der Waals surface area contributed by atoms with Gasteiger partial charge in [-0.15, -0.1) is 0 Å². The van der Waals surface area contributed by atoms with Gasteiger partial charge in [-0.1, -0.05) is 29.9 Å². The average molecular weight is 492 g/mol. The highest BCUT2D eigenvalue weighted by Gasteiger charge is 2.48. The van der Waals surface area contributed by atoms with E-state index in [-0.39, 0.29) is 29.3 Å². The molecule has 0 spiro atoms. The predicted octanol–water partition coefficient (Wildman–Crippen LogP) is 3.91. The molecule has 36 heavy (non-hydrogen) atoms. The van der Waals surface area contributed by atoms with Crippen LogP contribution in [0.3, 0.4) is 0 Å². The Morgan fingerprint density at radius 2 is 2.03 bits per heavy atom. The Morgan fingerprint density at radius 3 is 2.67 bits per heavy atom. The lowest BCUT2D eigenvalue weighted by Gasteiger charge is -2.23. The van der Waals surface area contributed by atoms with Crippen molar-refractivity contribution in [2.24, 2.45) is 0 Å². The zero-order chi connectivity index (χ0) is 26.1. The molecular weight excluding hydrogens is 466 g/mol. The zero-order valence-electron chi connectivity index (χ0n) is 20.2. The second kappa shape index (κ2) is 9.57. The summed E-state index contributed by atoms with van der Waals surface area (Å²) < 4.78 is 15.6. The van der Waals surface area contributed by atoms with E-state index in [0.717, 1.165) is 0 Å². The summed E-state index contributed by atoms with van der Waals surface area (Å²) in [7, 11) is 1.24. The molecule has 10 heteroatoms. The molecule has 186 valence electrons. The fourth-order valence-electron chi connectivity index (χ4n) is 4.33. The van der Waals surface area contributed by atoms with Gasteiger partial charge in [0.2, 0.25) is 0 Å². The summed E-state index contributed by atoms with van der Waals surface area (Å²) in [6.45, 7) is 8.81. The van der Waals surface area contributed by atoms with Gasteiger partial charge in [-0.2, -0.15) is 0 Å². The molecule has 1 aliphatic heterocycles. The van der Waals surface area contributed by atoms with E-state index in [1.807, 2.05) is 0 Å². The number of H-pyrrole nitrogens is 1. The molecule has 2 aromatic heterocycles. The normalized spacial score (nSPS) is 16.9.